The van der Waals surface area contributed by atoms with Gasteiger partial charge in [0.2, 0.25) is 0 Å². The normalized spacial score (nSPS) is 10.6. The number of esters is 1. The van der Waals surface area contributed by atoms with E-state index in [1.807, 2.05) is 0 Å². The standard InChI is InChI=1S/C19H16F2N4O4/c20-11-5-6-13(21)15(9-11)23-16(26)10-29-17(27)7-8-22-19(28)18-12-3-1-2-4-14(12)24-25-18/h1-6,9H,7-8,10H2,(H,22,28)(H,23,26)(H,24,25). The topological polar surface area (TPSA) is 113 Å². The molecule has 0 aliphatic rings. The summed E-state index contributed by atoms with van der Waals surface area (Å²) in [4.78, 5) is 35.5. The van der Waals surface area contributed by atoms with E-state index in [1.165, 1.54) is 0 Å². The van der Waals surface area contributed by atoms with Crippen molar-refractivity contribution in [2.75, 3.05) is 18.5 Å². The average Bonchev–Trinajstić information content (AvgIpc) is 3.13. The zero-order valence-electron chi connectivity index (χ0n) is 15.0. The molecule has 29 heavy (non-hydrogen) atoms. The van der Waals surface area contributed by atoms with E-state index >= 15 is 0 Å². The highest BCUT2D eigenvalue weighted by molar-refractivity contribution is 6.04. The summed E-state index contributed by atoms with van der Waals surface area (Å²) in [5.41, 5.74) is 0.549. The average molecular weight is 402 g/mol. The van der Waals surface area contributed by atoms with E-state index in [4.69, 9.17) is 4.74 Å². The van der Waals surface area contributed by atoms with Gasteiger partial charge in [0.15, 0.2) is 12.3 Å². The van der Waals surface area contributed by atoms with Crippen molar-refractivity contribution in [3.63, 3.8) is 0 Å². The first-order valence-corrected chi connectivity index (χ1v) is 8.56. The third-order valence-electron chi connectivity index (χ3n) is 3.87. The summed E-state index contributed by atoms with van der Waals surface area (Å²) in [6, 6.07) is 9.67. The van der Waals surface area contributed by atoms with Crippen LogP contribution in [0.3, 0.4) is 0 Å². The second-order valence-corrected chi connectivity index (χ2v) is 5.96. The van der Waals surface area contributed by atoms with Crippen LogP contribution in [0.25, 0.3) is 10.9 Å². The number of hydrogen-bond acceptors (Lipinski definition) is 5. The second-order valence-electron chi connectivity index (χ2n) is 5.96. The molecule has 0 unspecified atom stereocenters. The number of halogens is 2. The molecule has 10 heteroatoms. The first-order chi connectivity index (χ1) is 13.9. The Labute approximate surface area is 163 Å². The van der Waals surface area contributed by atoms with Crippen molar-refractivity contribution < 1.29 is 27.9 Å². The van der Waals surface area contributed by atoms with Crippen LogP contribution >= 0.6 is 0 Å². The monoisotopic (exact) mass is 402 g/mol. The maximum absolute atomic E-state index is 13.4. The number of anilines is 1. The highest BCUT2D eigenvalue weighted by atomic mass is 19.1. The van der Waals surface area contributed by atoms with Crippen molar-refractivity contribution >= 4 is 34.4 Å². The summed E-state index contributed by atoms with van der Waals surface area (Å²) in [6.07, 6.45) is -0.185. The minimum Gasteiger partial charge on any atom is -0.456 e. The third-order valence-corrected chi connectivity index (χ3v) is 3.87. The number of rotatable bonds is 7. The molecule has 1 aromatic heterocycles. The van der Waals surface area contributed by atoms with Crippen molar-refractivity contribution in [2.24, 2.45) is 0 Å². The lowest BCUT2D eigenvalue weighted by molar-refractivity contribution is -0.147. The third kappa shape index (κ3) is 5.12. The molecule has 150 valence electrons. The Kier molecular flexibility index (Phi) is 6.12. The Bertz CT molecular complexity index is 1070. The van der Waals surface area contributed by atoms with Crippen LogP contribution < -0.4 is 10.6 Å². The second kappa shape index (κ2) is 8.91. The highest BCUT2D eigenvalue weighted by Crippen LogP contribution is 2.15. The molecule has 0 fully saturated rings. The van der Waals surface area contributed by atoms with Crippen LogP contribution in [0.1, 0.15) is 16.9 Å². The number of aromatic nitrogens is 2. The number of H-pyrrole nitrogens is 1. The first kappa shape index (κ1) is 19.9. The van der Waals surface area contributed by atoms with E-state index in [0.717, 1.165) is 18.2 Å². The number of benzene rings is 2. The van der Waals surface area contributed by atoms with Gasteiger partial charge in [-0.1, -0.05) is 18.2 Å². The van der Waals surface area contributed by atoms with Gasteiger partial charge in [0.1, 0.15) is 11.6 Å². The Morgan fingerprint density at radius 2 is 1.90 bits per heavy atom. The summed E-state index contributed by atoms with van der Waals surface area (Å²) in [6.45, 7) is -0.703. The number of amides is 2. The largest absolute Gasteiger partial charge is 0.456 e. The van der Waals surface area contributed by atoms with E-state index in [9.17, 15) is 23.2 Å². The number of ether oxygens (including phenoxy) is 1. The zero-order chi connectivity index (χ0) is 20.8. The van der Waals surface area contributed by atoms with Gasteiger partial charge in [-0.15, -0.1) is 0 Å². The molecule has 0 aliphatic heterocycles. The van der Waals surface area contributed by atoms with Crippen LogP contribution in [0.4, 0.5) is 14.5 Å². The van der Waals surface area contributed by atoms with Crippen molar-refractivity contribution in [3.05, 3.63) is 59.8 Å². The molecule has 0 saturated carbocycles. The number of nitrogens with one attached hydrogen (secondary N) is 3. The summed E-state index contributed by atoms with van der Waals surface area (Å²) in [5, 5.41) is 12.0. The van der Waals surface area contributed by atoms with Crippen LogP contribution in [-0.4, -0.2) is 41.1 Å². The number of fused-ring (bicyclic) bond motifs is 1. The SMILES string of the molecule is O=C(COC(=O)CCNC(=O)c1n[nH]c2ccccc12)Nc1cc(F)ccc1F. The lowest BCUT2D eigenvalue weighted by Gasteiger charge is -2.08. The number of hydrogen-bond donors (Lipinski definition) is 3. The summed E-state index contributed by atoms with van der Waals surface area (Å²) < 4.78 is 31.3. The van der Waals surface area contributed by atoms with Crippen molar-refractivity contribution in [2.45, 2.75) is 6.42 Å². The fourth-order valence-electron chi connectivity index (χ4n) is 2.50. The molecule has 0 radical (unpaired) electrons. The summed E-state index contributed by atoms with van der Waals surface area (Å²) >= 11 is 0. The summed E-state index contributed by atoms with van der Waals surface area (Å²) in [5.74, 6) is -3.57. The molecule has 1 heterocycles. The Hall–Kier alpha value is -3.82. The number of nitrogens with zero attached hydrogens (tertiary/aromatic N) is 1. The maximum Gasteiger partial charge on any atom is 0.308 e. The minimum atomic E-state index is -0.824. The van der Waals surface area contributed by atoms with Crippen LogP contribution in [0, 0.1) is 11.6 Å². The molecule has 3 N–H and O–H groups in total. The predicted molar refractivity (Wildman–Crippen MR) is 99.0 cm³/mol. The zero-order valence-corrected chi connectivity index (χ0v) is 15.0. The Morgan fingerprint density at radius 3 is 2.72 bits per heavy atom. The van der Waals surface area contributed by atoms with E-state index in [2.05, 4.69) is 20.8 Å². The molecule has 2 amide bonds. The van der Waals surface area contributed by atoms with Gasteiger partial charge in [-0.05, 0) is 18.2 Å². The fourth-order valence-corrected chi connectivity index (χ4v) is 2.50. The van der Waals surface area contributed by atoms with Gasteiger partial charge >= 0.3 is 5.97 Å². The molecule has 0 bridgehead atoms. The number of aromatic amines is 1. The van der Waals surface area contributed by atoms with Crippen LogP contribution in [0.2, 0.25) is 0 Å². The molecule has 0 atom stereocenters. The van der Waals surface area contributed by atoms with Crippen LogP contribution in [-0.2, 0) is 14.3 Å². The van der Waals surface area contributed by atoms with E-state index < -0.39 is 36.0 Å². The highest BCUT2D eigenvalue weighted by Gasteiger charge is 2.15. The molecular weight excluding hydrogens is 386 g/mol. The molecule has 0 saturated heterocycles. The van der Waals surface area contributed by atoms with Gasteiger partial charge in [-0.2, -0.15) is 5.10 Å². The van der Waals surface area contributed by atoms with Gasteiger partial charge in [-0.3, -0.25) is 19.5 Å². The van der Waals surface area contributed by atoms with Gasteiger partial charge in [0, 0.05) is 18.0 Å². The van der Waals surface area contributed by atoms with Gasteiger partial charge in [0.25, 0.3) is 11.8 Å². The van der Waals surface area contributed by atoms with Gasteiger partial charge in [-0.25, -0.2) is 8.78 Å². The molecule has 0 aliphatic carbocycles. The lowest BCUT2D eigenvalue weighted by atomic mass is 10.2. The number of carbonyl (C=O) groups excluding carboxylic acids is 3. The molecule has 2 aromatic carbocycles. The Balaban J connectivity index is 1.41. The van der Waals surface area contributed by atoms with Gasteiger partial charge < -0.3 is 15.4 Å². The van der Waals surface area contributed by atoms with Gasteiger partial charge in [0.05, 0.1) is 17.6 Å². The first-order valence-electron chi connectivity index (χ1n) is 8.56. The minimum absolute atomic E-state index is 0.0288. The van der Waals surface area contributed by atoms with Crippen LogP contribution in [0.5, 0.6) is 0 Å². The van der Waals surface area contributed by atoms with Crippen molar-refractivity contribution in [3.8, 4) is 0 Å². The predicted octanol–water partition coefficient (Wildman–Crippen LogP) is 2.14. The maximum atomic E-state index is 13.4. The summed E-state index contributed by atoms with van der Waals surface area (Å²) in [7, 11) is 0. The van der Waals surface area contributed by atoms with E-state index in [1.54, 1.807) is 24.3 Å². The number of para-hydroxylation sites is 1. The fraction of sp³-hybridized carbons (Fsp3) is 0.158. The van der Waals surface area contributed by atoms with Crippen LogP contribution in [0.15, 0.2) is 42.5 Å². The van der Waals surface area contributed by atoms with Crippen molar-refractivity contribution in [1.82, 2.24) is 15.5 Å². The van der Waals surface area contributed by atoms with E-state index in [-0.39, 0.29) is 24.3 Å². The quantitative estimate of drug-likeness (QED) is 0.524. The molecular formula is C19H16F2N4O4. The smallest absolute Gasteiger partial charge is 0.308 e. The van der Waals surface area contributed by atoms with E-state index in [0.29, 0.717) is 10.9 Å². The van der Waals surface area contributed by atoms with Crippen molar-refractivity contribution in [1.29, 1.82) is 0 Å². The molecule has 0 spiro atoms. The lowest BCUT2D eigenvalue weighted by Crippen LogP contribution is -2.28. The molecule has 8 nitrogen and oxygen atoms in total. The molecule has 3 rings (SSSR count). The molecule has 3 aromatic rings. The number of carbonyl (C=O) groups is 3. The Morgan fingerprint density at radius 1 is 1.10 bits per heavy atom.